The van der Waals surface area contributed by atoms with Crippen LogP contribution in [0.5, 0.6) is 11.5 Å². The third-order valence-corrected chi connectivity index (χ3v) is 6.94. The second-order valence-electron chi connectivity index (χ2n) is 9.07. The quantitative estimate of drug-likeness (QED) is 0.347. The summed E-state index contributed by atoms with van der Waals surface area (Å²) in [6, 6.07) is 18.0. The third-order valence-electron chi connectivity index (χ3n) is 6.21. The number of ether oxygens (including phenoxy) is 2. The monoisotopic (exact) mass is 555 g/mol. The van der Waals surface area contributed by atoms with Gasteiger partial charge < -0.3 is 24.6 Å². The number of amides is 2. The maximum atomic E-state index is 12.9. The van der Waals surface area contributed by atoms with Gasteiger partial charge in [-0.15, -0.1) is 0 Å². The molecule has 0 atom stereocenters. The standard InChI is InChI=1S/C29H31Cl2N3O4/c1-3-16-37-23-7-4-21(5-8-23)29(36)34-14-12-33(13-15-34)27-11-6-22(18-26(27)31)32-28(35)19-38-24-9-10-25(30)20(2)17-24/h4-11,17-18H,3,12-16,19H2,1-2H3,(H,32,35). The van der Waals surface area contributed by atoms with Crippen LogP contribution in [0.4, 0.5) is 11.4 Å². The summed E-state index contributed by atoms with van der Waals surface area (Å²) in [5.41, 5.74) is 2.97. The van der Waals surface area contributed by atoms with Gasteiger partial charge in [-0.1, -0.05) is 30.1 Å². The number of hydrogen-bond donors (Lipinski definition) is 1. The molecule has 1 fully saturated rings. The molecular formula is C29H31Cl2N3O4. The van der Waals surface area contributed by atoms with Crippen molar-refractivity contribution in [3.63, 3.8) is 0 Å². The van der Waals surface area contributed by atoms with E-state index in [1.54, 1.807) is 24.3 Å². The number of benzene rings is 3. The van der Waals surface area contributed by atoms with E-state index in [-0.39, 0.29) is 18.4 Å². The highest BCUT2D eigenvalue weighted by Crippen LogP contribution is 2.30. The summed E-state index contributed by atoms with van der Waals surface area (Å²) < 4.78 is 11.2. The number of aryl methyl sites for hydroxylation is 1. The second kappa shape index (κ2) is 12.9. The average Bonchev–Trinajstić information content (AvgIpc) is 2.93. The lowest BCUT2D eigenvalue weighted by Gasteiger charge is -2.36. The fraction of sp³-hybridized carbons (Fsp3) is 0.310. The van der Waals surface area contributed by atoms with Gasteiger partial charge in [-0.3, -0.25) is 9.59 Å². The van der Waals surface area contributed by atoms with Crippen molar-refractivity contribution < 1.29 is 19.1 Å². The van der Waals surface area contributed by atoms with Crippen LogP contribution in [0.3, 0.4) is 0 Å². The number of nitrogens with zero attached hydrogens (tertiary/aromatic N) is 2. The smallest absolute Gasteiger partial charge is 0.262 e. The molecule has 7 nitrogen and oxygen atoms in total. The van der Waals surface area contributed by atoms with E-state index in [0.29, 0.717) is 59.8 Å². The molecule has 0 unspecified atom stereocenters. The van der Waals surface area contributed by atoms with Crippen molar-refractivity contribution in [3.8, 4) is 11.5 Å². The lowest BCUT2D eigenvalue weighted by molar-refractivity contribution is -0.118. The lowest BCUT2D eigenvalue weighted by atomic mass is 10.1. The maximum Gasteiger partial charge on any atom is 0.262 e. The van der Waals surface area contributed by atoms with Gasteiger partial charge in [0.2, 0.25) is 0 Å². The van der Waals surface area contributed by atoms with E-state index in [9.17, 15) is 9.59 Å². The van der Waals surface area contributed by atoms with Gasteiger partial charge in [-0.05, 0) is 79.6 Å². The molecule has 1 aliphatic rings. The molecule has 1 saturated heterocycles. The highest BCUT2D eigenvalue weighted by molar-refractivity contribution is 6.33. The molecule has 1 heterocycles. The molecule has 3 aromatic carbocycles. The van der Waals surface area contributed by atoms with Crippen molar-refractivity contribution >= 4 is 46.4 Å². The number of hydrogen-bond acceptors (Lipinski definition) is 5. The number of halogens is 2. The number of carbonyl (C=O) groups is 2. The Morgan fingerprint density at radius 2 is 1.58 bits per heavy atom. The molecule has 4 rings (SSSR count). The lowest BCUT2D eigenvalue weighted by Crippen LogP contribution is -2.48. The number of piperazine rings is 1. The topological polar surface area (TPSA) is 71.1 Å². The van der Waals surface area contributed by atoms with E-state index >= 15 is 0 Å². The highest BCUT2D eigenvalue weighted by Gasteiger charge is 2.23. The fourth-order valence-electron chi connectivity index (χ4n) is 4.14. The molecule has 3 aromatic rings. The summed E-state index contributed by atoms with van der Waals surface area (Å²) >= 11 is 12.6. The number of rotatable bonds is 9. The van der Waals surface area contributed by atoms with Crippen LogP contribution in [-0.4, -0.2) is 56.1 Å². The number of anilines is 2. The Morgan fingerprint density at radius 1 is 0.868 bits per heavy atom. The van der Waals surface area contributed by atoms with Gasteiger partial charge in [0.05, 0.1) is 17.3 Å². The maximum absolute atomic E-state index is 12.9. The van der Waals surface area contributed by atoms with Crippen molar-refractivity contribution in [2.45, 2.75) is 20.3 Å². The first-order valence-electron chi connectivity index (χ1n) is 12.6. The van der Waals surface area contributed by atoms with E-state index in [1.807, 2.05) is 48.2 Å². The number of nitrogens with one attached hydrogen (secondary N) is 1. The van der Waals surface area contributed by atoms with E-state index in [4.69, 9.17) is 32.7 Å². The van der Waals surface area contributed by atoms with Gasteiger partial charge >= 0.3 is 0 Å². The Labute approximate surface area is 233 Å². The Bertz CT molecular complexity index is 1280. The minimum absolute atomic E-state index is 0.00632. The first-order chi connectivity index (χ1) is 18.3. The molecule has 1 aliphatic heterocycles. The summed E-state index contributed by atoms with van der Waals surface area (Å²) in [5.74, 6) is 1.06. The zero-order valence-corrected chi connectivity index (χ0v) is 23.0. The predicted molar refractivity (Wildman–Crippen MR) is 152 cm³/mol. The molecule has 1 N–H and O–H groups in total. The number of carbonyl (C=O) groups excluding carboxylic acids is 2. The van der Waals surface area contributed by atoms with Crippen LogP contribution in [-0.2, 0) is 4.79 Å². The Morgan fingerprint density at radius 3 is 2.24 bits per heavy atom. The normalized spacial score (nSPS) is 13.3. The zero-order chi connectivity index (χ0) is 27.1. The molecule has 0 saturated carbocycles. The van der Waals surface area contributed by atoms with Crippen molar-refractivity contribution in [3.05, 3.63) is 81.8 Å². The highest BCUT2D eigenvalue weighted by atomic mass is 35.5. The average molecular weight is 556 g/mol. The second-order valence-corrected chi connectivity index (χ2v) is 9.88. The third kappa shape index (κ3) is 7.11. The molecule has 0 aromatic heterocycles. The van der Waals surface area contributed by atoms with Crippen LogP contribution in [0.25, 0.3) is 0 Å². The summed E-state index contributed by atoms with van der Waals surface area (Å²) in [4.78, 5) is 29.3. The van der Waals surface area contributed by atoms with Crippen molar-refractivity contribution in [1.29, 1.82) is 0 Å². The van der Waals surface area contributed by atoms with Gasteiger partial charge in [-0.25, -0.2) is 0 Å². The molecule has 38 heavy (non-hydrogen) atoms. The SMILES string of the molecule is CCCOc1ccc(C(=O)N2CCN(c3ccc(NC(=O)COc4ccc(Cl)c(C)c4)cc3Cl)CC2)cc1. The van der Waals surface area contributed by atoms with E-state index < -0.39 is 0 Å². The van der Waals surface area contributed by atoms with Crippen LogP contribution >= 0.6 is 23.2 Å². The van der Waals surface area contributed by atoms with Gasteiger partial charge in [0.15, 0.2) is 6.61 Å². The van der Waals surface area contributed by atoms with Crippen molar-refractivity contribution in [2.24, 2.45) is 0 Å². The zero-order valence-electron chi connectivity index (χ0n) is 21.5. The predicted octanol–water partition coefficient (Wildman–Crippen LogP) is 6.07. The van der Waals surface area contributed by atoms with Crippen LogP contribution in [0.15, 0.2) is 60.7 Å². The fourth-order valence-corrected chi connectivity index (χ4v) is 4.56. The van der Waals surface area contributed by atoms with Crippen LogP contribution in [0.2, 0.25) is 10.0 Å². The van der Waals surface area contributed by atoms with Gasteiger partial charge in [0, 0.05) is 42.5 Å². The Hall–Kier alpha value is -3.42. The van der Waals surface area contributed by atoms with Gasteiger partial charge in [-0.2, -0.15) is 0 Å². The van der Waals surface area contributed by atoms with Gasteiger partial charge in [0.1, 0.15) is 11.5 Å². The van der Waals surface area contributed by atoms with E-state index in [2.05, 4.69) is 17.1 Å². The first kappa shape index (κ1) is 27.6. The minimum Gasteiger partial charge on any atom is -0.494 e. The van der Waals surface area contributed by atoms with Gasteiger partial charge in [0.25, 0.3) is 11.8 Å². The Kier molecular flexibility index (Phi) is 9.37. The van der Waals surface area contributed by atoms with E-state index in [1.165, 1.54) is 0 Å². The molecule has 0 spiro atoms. The molecular weight excluding hydrogens is 525 g/mol. The summed E-state index contributed by atoms with van der Waals surface area (Å²) in [6.45, 7) is 6.94. The summed E-state index contributed by atoms with van der Waals surface area (Å²) in [7, 11) is 0. The first-order valence-corrected chi connectivity index (χ1v) is 13.3. The van der Waals surface area contributed by atoms with E-state index in [0.717, 1.165) is 23.4 Å². The Balaban J connectivity index is 1.27. The minimum atomic E-state index is -0.293. The van der Waals surface area contributed by atoms with Crippen molar-refractivity contribution in [1.82, 2.24) is 4.90 Å². The van der Waals surface area contributed by atoms with Crippen LogP contribution < -0.4 is 19.7 Å². The molecule has 0 bridgehead atoms. The summed E-state index contributed by atoms with van der Waals surface area (Å²) in [6.07, 6.45) is 0.937. The molecule has 9 heteroatoms. The van der Waals surface area contributed by atoms with Crippen LogP contribution in [0.1, 0.15) is 29.3 Å². The molecule has 2 amide bonds. The molecule has 200 valence electrons. The van der Waals surface area contributed by atoms with Crippen LogP contribution in [0, 0.1) is 6.92 Å². The molecule has 0 aliphatic carbocycles. The van der Waals surface area contributed by atoms with Crippen molar-refractivity contribution in [2.75, 3.05) is 49.6 Å². The summed E-state index contributed by atoms with van der Waals surface area (Å²) in [5, 5.41) is 3.98. The largest absolute Gasteiger partial charge is 0.494 e. The molecule has 0 radical (unpaired) electrons.